The van der Waals surface area contributed by atoms with E-state index in [0.717, 1.165) is 30.0 Å². The SMILES string of the molecule is COC(=O)[C@@H]1[C@H]2CC[C@@H](C2)[C@@H]1NC(=O)Cc1csc(C(C)C)n1. The van der Waals surface area contributed by atoms with Gasteiger partial charge in [0.2, 0.25) is 5.91 Å². The van der Waals surface area contributed by atoms with E-state index in [9.17, 15) is 9.59 Å². The summed E-state index contributed by atoms with van der Waals surface area (Å²) in [4.78, 5) is 28.9. The largest absolute Gasteiger partial charge is 0.469 e. The van der Waals surface area contributed by atoms with E-state index >= 15 is 0 Å². The predicted molar refractivity (Wildman–Crippen MR) is 88.2 cm³/mol. The van der Waals surface area contributed by atoms with Gasteiger partial charge in [-0.05, 0) is 31.1 Å². The van der Waals surface area contributed by atoms with Gasteiger partial charge in [-0.3, -0.25) is 9.59 Å². The fourth-order valence-corrected chi connectivity index (χ4v) is 4.88. The smallest absolute Gasteiger partial charge is 0.311 e. The minimum absolute atomic E-state index is 0.0444. The molecule has 2 saturated carbocycles. The summed E-state index contributed by atoms with van der Waals surface area (Å²) >= 11 is 1.60. The molecule has 0 radical (unpaired) electrons. The van der Waals surface area contributed by atoms with Crippen molar-refractivity contribution in [3.63, 3.8) is 0 Å². The monoisotopic (exact) mass is 336 g/mol. The molecular formula is C17H24N2O3S. The van der Waals surface area contributed by atoms with Crippen molar-refractivity contribution in [1.29, 1.82) is 0 Å². The first-order valence-corrected chi connectivity index (χ1v) is 9.19. The van der Waals surface area contributed by atoms with E-state index in [0.29, 0.717) is 17.8 Å². The zero-order valence-corrected chi connectivity index (χ0v) is 14.7. The molecule has 0 saturated heterocycles. The van der Waals surface area contributed by atoms with Crippen LogP contribution in [0.1, 0.15) is 49.7 Å². The molecule has 2 aliphatic carbocycles. The van der Waals surface area contributed by atoms with Crippen LogP contribution in [-0.2, 0) is 20.7 Å². The number of thiazole rings is 1. The average molecular weight is 336 g/mol. The minimum atomic E-state index is -0.182. The zero-order valence-electron chi connectivity index (χ0n) is 13.9. The molecule has 1 amide bonds. The van der Waals surface area contributed by atoms with Gasteiger partial charge in [0.25, 0.3) is 0 Å². The molecule has 4 atom stereocenters. The van der Waals surface area contributed by atoms with Crippen LogP contribution in [0.25, 0.3) is 0 Å². The van der Waals surface area contributed by atoms with Gasteiger partial charge in [0.15, 0.2) is 0 Å². The standard InChI is InChI=1S/C17H24N2O3S/c1-9(2)16-18-12(8-23-16)7-13(20)19-15-11-5-4-10(6-11)14(15)17(21)22-3/h8-11,14-15H,4-7H2,1-3H3,(H,19,20)/t10-,11-,14+,15-/m0/s1. The summed E-state index contributed by atoms with van der Waals surface area (Å²) in [7, 11) is 1.43. The van der Waals surface area contributed by atoms with Gasteiger partial charge < -0.3 is 10.1 Å². The molecule has 3 rings (SSSR count). The van der Waals surface area contributed by atoms with Gasteiger partial charge >= 0.3 is 5.97 Å². The molecule has 0 unspecified atom stereocenters. The van der Waals surface area contributed by atoms with E-state index in [1.54, 1.807) is 11.3 Å². The van der Waals surface area contributed by atoms with Crippen molar-refractivity contribution in [2.24, 2.45) is 17.8 Å². The van der Waals surface area contributed by atoms with Crippen LogP contribution in [0.15, 0.2) is 5.38 Å². The molecule has 23 heavy (non-hydrogen) atoms. The first kappa shape index (κ1) is 16.4. The molecule has 1 heterocycles. The van der Waals surface area contributed by atoms with Gasteiger partial charge in [0.05, 0.1) is 30.2 Å². The summed E-state index contributed by atoms with van der Waals surface area (Å²) in [6, 6.07) is -0.0723. The summed E-state index contributed by atoms with van der Waals surface area (Å²) in [5.74, 6) is 0.755. The number of nitrogens with one attached hydrogen (secondary N) is 1. The molecule has 6 heteroatoms. The number of amides is 1. The molecule has 0 aliphatic heterocycles. The van der Waals surface area contributed by atoms with Gasteiger partial charge in [-0.2, -0.15) is 0 Å². The van der Waals surface area contributed by atoms with E-state index in [1.807, 2.05) is 5.38 Å². The number of ether oxygens (including phenoxy) is 1. The van der Waals surface area contributed by atoms with Crippen LogP contribution in [0, 0.1) is 17.8 Å². The normalized spacial score (nSPS) is 29.0. The number of nitrogens with zero attached hydrogens (tertiary/aromatic N) is 1. The number of methoxy groups -OCH3 is 1. The lowest BCUT2D eigenvalue weighted by atomic mass is 9.84. The molecule has 1 aromatic heterocycles. The highest BCUT2D eigenvalue weighted by Gasteiger charge is 2.51. The summed E-state index contributed by atoms with van der Waals surface area (Å²) in [5, 5.41) is 6.10. The van der Waals surface area contributed by atoms with Crippen LogP contribution in [0.2, 0.25) is 0 Å². The van der Waals surface area contributed by atoms with E-state index < -0.39 is 0 Å². The van der Waals surface area contributed by atoms with Crippen molar-refractivity contribution >= 4 is 23.2 Å². The lowest BCUT2D eigenvalue weighted by Crippen LogP contribution is -2.47. The van der Waals surface area contributed by atoms with Crippen molar-refractivity contribution < 1.29 is 14.3 Å². The average Bonchev–Trinajstić information content (AvgIpc) is 3.21. The fourth-order valence-electron chi connectivity index (χ4n) is 4.04. The number of aromatic nitrogens is 1. The second-order valence-corrected chi connectivity index (χ2v) is 7.87. The Morgan fingerprint density at radius 2 is 2.13 bits per heavy atom. The third kappa shape index (κ3) is 3.27. The van der Waals surface area contributed by atoms with Crippen LogP contribution in [0.4, 0.5) is 0 Å². The number of rotatable bonds is 5. The maximum Gasteiger partial charge on any atom is 0.311 e. The Morgan fingerprint density at radius 1 is 1.39 bits per heavy atom. The van der Waals surface area contributed by atoms with Crippen LogP contribution in [-0.4, -0.2) is 30.0 Å². The second-order valence-electron chi connectivity index (χ2n) is 6.98. The summed E-state index contributed by atoms with van der Waals surface area (Å²) in [5.41, 5.74) is 0.814. The molecule has 2 bridgehead atoms. The molecule has 1 aromatic rings. The van der Waals surface area contributed by atoms with E-state index in [4.69, 9.17) is 4.74 Å². The molecule has 0 aromatic carbocycles. The van der Waals surface area contributed by atoms with Gasteiger partial charge in [0, 0.05) is 17.3 Å². The number of fused-ring (bicyclic) bond motifs is 2. The third-order valence-electron chi connectivity index (χ3n) is 5.12. The Kier molecular flexibility index (Phi) is 4.71. The first-order valence-electron chi connectivity index (χ1n) is 8.31. The maximum absolute atomic E-state index is 12.4. The van der Waals surface area contributed by atoms with Crippen molar-refractivity contribution in [3.8, 4) is 0 Å². The highest BCUT2D eigenvalue weighted by atomic mass is 32.1. The van der Waals surface area contributed by atoms with Crippen molar-refractivity contribution in [2.75, 3.05) is 7.11 Å². The highest BCUT2D eigenvalue weighted by molar-refractivity contribution is 7.09. The van der Waals surface area contributed by atoms with Gasteiger partial charge in [-0.1, -0.05) is 13.8 Å². The highest BCUT2D eigenvalue weighted by Crippen LogP contribution is 2.48. The Labute approximate surface area is 140 Å². The van der Waals surface area contributed by atoms with Crippen LogP contribution < -0.4 is 5.32 Å². The third-order valence-corrected chi connectivity index (χ3v) is 6.32. The van der Waals surface area contributed by atoms with Gasteiger partial charge in [-0.25, -0.2) is 4.98 Å². The Hall–Kier alpha value is -1.43. The van der Waals surface area contributed by atoms with E-state index in [-0.39, 0.29) is 30.3 Å². The van der Waals surface area contributed by atoms with Crippen molar-refractivity contribution in [3.05, 3.63) is 16.1 Å². The molecule has 126 valence electrons. The number of esters is 1. The second kappa shape index (κ2) is 6.59. The van der Waals surface area contributed by atoms with E-state index in [2.05, 4.69) is 24.1 Å². The number of carbonyl (C=O) groups is 2. The predicted octanol–water partition coefficient (Wildman–Crippen LogP) is 2.51. The molecule has 2 fully saturated rings. The maximum atomic E-state index is 12.4. The molecular weight excluding hydrogens is 312 g/mol. The molecule has 0 spiro atoms. The van der Waals surface area contributed by atoms with Crippen LogP contribution in [0.5, 0.6) is 0 Å². The lowest BCUT2D eigenvalue weighted by molar-refractivity contribution is -0.148. The first-order chi connectivity index (χ1) is 11.0. The zero-order chi connectivity index (χ0) is 16.6. The fraction of sp³-hybridized carbons (Fsp3) is 0.706. The molecule has 5 nitrogen and oxygen atoms in total. The van der Waals surface area contributed by atoms with Crippen molar-refractivity contribution in [2.45, 2.75) is 51.5 Å². The summed E-state index contributed by atoms with van der Waals surface area (Å²) < 4.78 is 4.95. The van der Waals surface area contributed by atoms with Gasteiger partial charge in [0.1, 0.15) is 0 Å². The Balaban J connectivity index is 1.63. The van der Waals surface area contributed by atoms with Crippen molar-refractivity contribution in [1.82, 2.24) is 10.3 Å². The van der Waals surface area contributed by atoms with Crippen LogP contribution in [0.3, 0.4) is 0 Å². The number of carbonyl (C=O) groups excluding carboxylic acids is 2. The van der Waals surface area contributed by atoms with E-state index in [1.165, 1.54) is 7.11 Å². The topological polar surface area (TPSA) is 68.3 Å². The summed E-state index contributed by atoms with van der Waals surface area (Å²) in [6.45, 7) is 4.19. The number of hydrogen-bond donors (Lipinski definition) is 1. The Bertz CT molecular complexity index is 598. The summed E-state index contributed by atoms with van der Waals surface area (Å²) in [6.07, 6.45) is 3.47. The number of hydrogen-bond acceptors (Lipinski definition) is 5. The lowest BCUT2D eigenvalue weighted by Gasteiger charge is -2.29. The van der Waals surface area contributed by atoms with Gasteiger partial charge in [-0.15, -0.1) is 11.3 Å². The minimum Gasteiger partial charge on any atom is -0.469 e. The quantitative estimate of drug-likeness (QED) is 0.839. The molecule has 1 N–H and O–H groups in total. The Morgan fingerprint density at radius 3 is 2.78 bits per heavy atom. The van der Waals surface area contributed by atoms with Crippen LogP contribution >= 0.6 is 11.3 Å². The molecule has 2 aliphatic rings.